The van der Waals surface area contributed by atoms with Crippen molar-refractivity contribution in [3.63, 3.8) is 0 Å². The number of piperazine rings is 1. The van der Waals surface area contributed by atoms with Crippen LogP contribution in [-0.2, 0) is 6.42 Å². The van der Waals surface area contributed by atoms with E-state index in [1.807, 2.05) is 24.3 Å². The largest absolute Gasteiger partial charge is 0.368 e. The first-order valence-corrected chi connectivity index (χ1v) is 9.89. The van der Waals surface area contributed by atoms with E-state index < -0.39 is 0 Å². The van der Waals surface area contributed by atoms with E-state index in [0.29, 0.717) is 5.95 Å². The van der Waals surface area contributed by atoms with Gasteiger partial charge < -0.3 is 15.1 Å². The molecule has 0 saturated carbocycles. The molecule has 0 amide bonds. The van der Waals surface area contributed by atoms with Gasteiger partial charge in [-0.15, -0.1) is 5.10 Å². The minimum atomic E-state index is 0.575. The van der Waals surface area contributed by atoms with Crippen LogP contribution in [0.4, 0.5) is 17.5 Å². The van der Waals surface area contributed by atoms with E-state index in [4.69, 9.17) is 11.6 Å². The fourth-order valence-electron chi connectivity index (χ4n) is 3.35. The molecule has 1 N–H and O–H groups in total. The van der Waals surface area contributed by atoms with Crippen LogP contribution in [0.15, 0.2) is 60.8 Å². The van der Waals surface area contributed by atoms with Gasteiger partial charge in [0, 0.05) is 43.4 Å². The van der Waals surface area contributed by atoms with Gasteiger partial charge in [0.1, 0.15) is 0 Å². The van der Waals surface area contributed by atoms with Gasteiger partial charge in [0.05, 0.1) is 6.20 Å². The number of rotatable bonds is 6. The Bertz CT molecular complexity index is 896. The number of nitrogens with zero attached hydrogens (tertiary/aromatic N) is 5. The van der Waals surface area contributed by atoms with Gasteiger partial charge >= 0.3 is 0 Å². The molecule has 7 heteroatoms. The Kier molecular flexibility index (Phi) is 5.87. The number of halogens is 1. The van der Waals surface area contributed by atoms with Crippen LogP contribution >= 0.6 is 11.6 Å². The SMILES string of the molecule is Clc1cccc(N2CCN(c3cnnc(NCCc4ccccc4)n3)CC2)c1. The highest BCUT2D eigenvalue weighted by atomic mass is 35.5. The molecule has 1 aliphatic heterocycles. The van der Waals surface area contributed by atoms with E-state index >= 15 is 0 Å². The van der Waals surface area contributed by atoms with Gasteiger partial charge in [0.25, 0.3) is 0 Å². The maximum Gasteiger partial charge on any atom is 0.244 e. The van der Waals surface area contributed by atoms with Crippen LogP contribution in [0.2, 0.25) is 5.02 Å². The smallest absolute Gasteiger partial charge is 0.244 e. The van der Waals surface area contributed by atoms with Crippen molar-refractivity contribution in [2.45, 2.75) is 6.42 Å². The van der Waals surface area contributed by atoms with Crippen molar-refractivity contribution in [1.82, 2.24) is 15.2 Å². The second kappa shape index (κ2) is 8.89. The molecule has 1 aromatic heterocycles. The summed E-state index contributed by atoms with van der Waals surface area (Å²) >= 11 is 6.12. The average molecular weight is 395 g/mol. The van der Waals surface area contributed by atoms with E-state index in [2.05, 4.69) is 60.6 Å². The third kappa shape index (κ3) is 4.70. The molecule has 144 valence electrons. The molecule has 0 unspecified atom stereocenters. The molecule has 1 aliphatic rings. The minimum absolute atomic E-state index is 0.575. The number of benzene rings is 2. The van der Waals surface area contributed by atoms with E-state index in [0.717, 1.165) is 55.7 Å². The number of hydrogen-bond acceptors (Lipinski definition) is 6. The summed E-state index contributed by atoms with van der Waals surface area (Å²) in [7, 11) is 0. The molecule has 0 aliphatic carbocycles. The Labute approximate surface area is 170 Å². The standard InChI is InChI=1S/C21H23ClN6/c22-18-7-4-8-19(15-18)27-11-13-28(14-12-27)20-16-24-26-21(25-20)23-10-9-17-5-2-1-3-6-17/h1-8,15-16H,9-14H2,(H,23,25,26). The van der Waals surface area contributed by atoms with Crippen LogP contribution in [0.5, 0.6) is 0 Å². The summed E-state index contributed by atoms with van der Waals surface area (Å²) < 4.78 is 0. The second-order valence-electron chi connectivity index (χ2n) is 6.75. The van der Waals surface area contributed by atoms with E-state index in [1.165, 1.54) is 5.56 Å². The molecule has 6 nitrogen and oxygen atoms in total. The van der Waals surface area contributed by atoms with Gasteiger partial charge in [-0.2, -0.15) is 10.1 Å². The summed E-state index contributed by atoms with van der Waals surface area (Å²) in [6.07, 6.45) is 2.66. The van der Waals surface area contributed by atoms with Gasteiger partial charge in [-0.05, 0) is 30.2 Å². The van der Waals surface area contributed by atoms with Crippen molar-refractivity contribution >= 4 is 29.1 Å². The van der Waals surface area contributed by atoms with Crippen LogP contribution in [0.3, 0.4) is 0 Å². The Balaban J connectivity index is 1.32. The van der Waals surface area contributed by atoms with Crippen LogP contribution in [-0.4, -0.2) is 47.9 Å². The molecule has 1 fully saturated rings. The zero-order valence-electron chi connectivity index (χ0n) is 15.6. The van der Waals surface area contributed by atoms with Crippen LogP contribution < -0.4 is 15.1 Å². The van der Waals surface area contributed by atoms with Gasteiger partial charge in [-0.1, -0.05) is 48.0 Å². The predicted molar refractivity (Wildman–Crippen MR) is 114 cm³/mol. The lowest BCUT2D eigenvalue weighted by molar-refractivity contribution is 0.644. The van der Waals surface area contributed by atoms with Crippen molar-refractivity contribution in [2.75, 3.05) is 47.8 Å². The molecule has 0 spiro atoms. The van der Waals surface area contributed by atoms with Crippen LogP contribution in [0, 0.1) is 0 Å². The van der Waals surface area contributed by atoms with Crippen molar-refractivity contribution in [3.05, 3.63) is 71.4 Å². The maximum absolute atomic E-state index is 6.12. The molecule has 4 rings (SSSR count). The molecule has 28 heavy (non-hydrogen) atoms. The number of aromatic nitrogens is 3. The number of nitrogens with one attached hydrogen (secondary N) is 1. The number of hydrogen-bond donors (Lipinski definition) is 1. The first-order chi connectivity index (χ1) is 13.8. The molecule has 3 aromatic rings. The lowest BCUT2D eigenvalue weighted by Gasteiger charge is -2.36. The molecule has 2 heterocycles. The molecular formula is C21H23ClN6. The summed E-state index contributed by atoms with van der Waals surface area (Å²) in [5.41, 5.74) is 2.45. The molecule has 0 atom stereocenters. The first-order valence-electron chi connectivity index (χ1n) is 9.51. The Hall–Kier alpha value is -2.86. The summed E-state index contributed by atoms with van der Waals surface area (Å²) in [6.45, 7) is 4.38. The molecular weight excluding hydrogens is 372 g/mol. The Morgan fingerprint density at radius 2 is 1.71 bits per heavy atom. The van der Waals surface area contributed by atoms with Gasteiger partial charge in [0.2, 0.25) is 5.95 Å². The number of anilines is 3. The Morgan fingerprint density at radius 1 is 0.929 bits per heavy atom. The minimum Gasteiger partial charge on any atom is -0.368 e. The quantitative estimate of drug-likeness (QED) is 0.690. The monoisotopic (exact) mass is 394 g/mol. The average Bonchev–Trinajstić information content (AvgIpc) is 2.75. The summed E-state index contributed by atoms with van der Waals surface area (Å²) in [6, 6.07) is 18.4. The van der Waals surface area contributed by atoms with Gasteiger partial charge in [-0.25, -0.2) is 0 Å². The van der Waals surface area contributed by atoms with Gasteiger partial charge in [0.15, 0.2) is 5.82 Å². The van der Waals surface area contributed by atoms with E-state index in [-0.39, 0.29) is 0 Å². The van der Waals surface area contributed by atoms with Crippen molar-refractivity contribution in [3.8, 4) is 0 Å². The zero-order chi connectivity index (χ0) is 19.2. The molecule has 1 saturated heterocycles. The molecule has 0 bridgehead atoms. The van der Waals surface area contributed by atoms with E-state index in [9.17, 15) is 0 Å². The summed E-state index contributed by atoms with van der Waals surface area (Å²) in [5, 5.41) is 12.3. The second-order valence-corrected chi connectivity index (χ2v) is 7.19. The highest BCUT2D eigenvalue weighted by Gasteiger charge is 2.19. The van der Waals surface area contributed by atoms with Gasteiger partial charge in [-0.3, -0.25) is 0 Å². The summed E-state index contributed by atoms with van der Waals surface area (Å²) in [4.78, 5) is 9.23. The lowest BCUT2D eigenvalue weighted by atomic mass is 10.1. The van der Waals surface area contributed by atoms with E-state index in [1.54, 1.807) is 6.20 Å². The van der Waals surface area contributed by atoms with Crippen molar-refractivity contribution < 1.29 is 0 Å². The zero-order valence-corrected chi connectivity index (χ0v) is 16.4. The Morgan fingerprint density at radius 3 is 2.50 bits per heavy atom. The summed E-state index contributed by atoms with van der Waals surface area (Å²) in [5.74, 6) is 1.44. The van der Waals surface area contributed by atoms with Crippen LogP contribution in [0.25, 0.3) is 0 Å². The maximum atomic E-state index is 6.12. The lowest BCUT2D eigenvalue weighted by Crippen LogP contribution is -2.47. The first kappa shape index (κ1) is 18.5. The highest BCUT2D eigenvalue weighted by Crippen LogP contribution is 2.22. The normalized spacial score (nSPS) is 14.2. The van der Waals surface area contributed by atoms with Crippen molar-refractivity contribution in [1.29, 1.82) is 0 Å². The topological polar surface area (TPSA) is 57.2 Å². The molecule has 2 aromatic carbocycles. The van der Waals surface area contributed by atoms with Crippen molar-refractivity contribution in [2.24, 2.45) is 0 Å². The van der Waals surface area contributed by atoms with Crippen LogP contribution in [0.1, 0.15) is 5.56 Å². The third-order valence-electron chi connectivity index (χ3n) is 4.86. The highest BCUT2D eigenvalue weighted by molar-refractivity contribution is 6.30. The fourth-order valence-corrected chi connectivity index (χ4v) is 3.54. The molecule has 0 radical (unpaired) electrons. The fraction of sp³-hybridized carbons (Fsp3) is 0.286. The third-order valence-corrected chi connectivity index (χ3v) is 5.10. The predicted octanol–water partition coefficient (Wildman–Crippen LogP) is 3.51.